The summed E-state index contributed by atoms with van der Waals surface area (Å²) in [5.41, 5.74) is 2.40. The molecule has 0 saturated carbocycles. The number of pyridine rings is 1. The number of Topliss-reactive ketones (excluding diaryl/α,β-unsaturated/α-hetero) is 1. The number of fused-ring (bicyclic) bond motifs is 1. The molecule has 3 nitrogen and oxygen atoms in total. The number of ketones is 1. The quantitative estimate of drug-likeness (QED) is 0.701. The van der Waals surface area contributed by atoms with Crippen LogP contribution in [0.25, 0.3) is 5.52 Å². The minimum atomic E-state index is 0.0682. The van der Waals surface area contributed by atoms with Crippen molar-refractivity contribution in [3.8, 4) is 0 Å². The van der Waals surface area contributed by atoms with Crippen molar-refractivity contribution in [2.45, 2.75) is 41.5 Å². The highest BCUT2D eigenvalue weighted by Crippen LogP contribution is 2.14. The van der Waals surface area contributed by atoms with E-state index in [0.717, 1.165) is 16.8 Å². The molecule has 0 aliphatic carbocycles. The van der Waals surface area contributed by atoms with Crippen LogP contribution in [-0.2, 0) is 0 Å². The molecular weight excluding hydrogens is 212 g/mol. The number of aryl methyl sites for hydroxylation is 1. The fourth-order valence-corrected chi connectivity index (χ4v) is 1.55. The molecule has 0 N–H and O–H groups in total. The summed E-state index contributed by atoms with van der Waals surface area (Å²) in [6.07, 6.45) is 1.84. The molecule has 0 amide bonds. The van der Waals surface area contributed by atoms with E-state index in [9.17, 15) is 4.79 Å². The normalized spacial score (nSPS) is 8.82. The summed E-state index contributed by atoms with van der Waals surface area (Å²) in [6.45, 7) is 11.4. The molecule has 0 spiro atoms. The van der Waals surface area contributed by atoms with E-state index >= 15 is 0 Å². The number of rotatable bonds is 1. The molecule has 2 rings (SSSR count). The third-order valence-electron chi connectivity index (χ3n) is 2.07. The monoisotopic (exact) mass is 234 g/mol. The standard InChI is InChI=1S/C10H10N2O.2C2H6/c1-7-10(8(2)13)9-5-3-4-6-12(9)11-7;2*1-2/h3-6H,1-2H3;2*1-2H3. The minimum absolute atomic E-state index is 0.0682. The van der Waals surface area contributed by atoms with Crippen molar-refractivity contribution >= 4 is 11.3 Å². The number of carbonyl (C=O) groups excluding carboxylic acids is 1. The van der Waals surface area contributed by atoms with E-state index in [-0.39, 0.29) is 5.78 Å². The molecule has 0 fully saturated rings. The SMILES string of the molecule is CC.CC.CC(=O)c1c(C)nn2ccccc12. The Morgan fingerprint density at radius 3 is 2.29 bits per heavy atom. The molecule has 0 saturated heterocycles. The largest absolute Gasteiger partial charge is 0.294 e. The minimum Gasteiger partial charge on any atom is -0.294 e. The van der Waals surface area contributed by atoms with Crippen LogP contribution in [0.2, 0.25) is 0 Å². The molecule has 94 valence electrons. The van der Waals surface area contributed by atoms with Crippen molar-refractivity contribution in [3.05, 3.63) is 35.7 Å². The molecule has 2 heterocycles. The number of carbonyl (C=O) groups is 1. The molecule has 0 atom stereocenters. The molecule has 0 aliphatic heterocycles. The fourth-order valence-electron chi connectivity index (χ4n) is 1.55. The maximum Gasteiger partial charge on any atom is 0.163 e. The summed E-state index contributed by atoms with van der Waals surface area (Å²) >= 11 is 0. The number of hydrogen-bond acceptors (Lipinski definition) is 2. The molecule has 2 aromatic heterocycles. The van der Waals surface area contributed by atoms with Crippen LogP contribution >= 0.6 is 0 Å². The van der Waals surface area contributed by atoms with Gasteiger partial charge in [0, 0.05) is 6.20 Å². The zero-order chi connectivity index (χ0) is 13.4. The van der Waals surface area contributed by atoms with Crippen molar-refractivity contribution < 1.29 is 4.79 Å². The van der Waals surface area contributed by atoms with Crippen LogP contribution in [0.15, 0.2) is 24.4 Å². The van der Waals surface area contributed by atoms with E-state index in [2.05, 4.69) is 5.10 Å². The zero-order valence-corrected chi connectivity index (χ0v) is 11.6. The number of nitrogens with zero attached hydrogens (tertiary/aromatic N) is 2. The van der Waals surface area contributed by atoms with Crippen molar-refractivity contribution in [1.82, 2.24) is 9.61 Å². The summed E-state index contributed by atoms with van der Waals surface area (Å²) in [5, 5.41) is 4.23. The summed E-state index contributed by atoms with van der Waals surface area (Å²) < 4.78 is 1.73. The van der Waals surface area contributed by atoms with Gasteiger partial charge in [0.05, 0.1) is 16.8 Å². The topological polar surface area (TPSA) is 34.4 Å². The first-order valence-electron chi connectivity index (χ1n) is 6.15. The fraction of sp³-hybridized carbons (Fsp3) is 0.429. The highest BCUT2D eigenvalue weighted by Gasteiger charge is 2.11. The maximum atomic E-state index is 11.3. The highest BCUT2D eigenvalue weighted by atomic mass is 16.1. The maximum absolute atomic E-state index is 11.3. The van der Waals surface area contributed by atoms with Gasteiger partial charge in [-0.2, -0.15) is 5.10 Å². The Bertz CT molecular complexity index is 472. The van der Waals surface area contributed by atoms with Gasteiger partial charge in [0.2, 0.25) is 0 Å². The molecule has 0 aromatic carbocycles. The number of aromatic nitrogens is 2. The van der Waals surface area contributed by atoms with Crippen LogP contribution in [0.3, 0.4) is 0 Å². The van der Waals surface area contributed by atoms with Crippen molar-refractivity contribution in [2.24, 2.45) is 0 Å². The predicted octanol–water partition coefficient (Wildman–Crippen LogP) is 3.90. The Morgan fingerprint density at radius 1 is 1.18 bits per heavy atom. The predicted molar refractivity (Wildman–Crippen MR) is 72.6 cm³/mol. The van der Waals surface area contributed by atoms with Gasteiger partial charge in [0.1, 0.15) is 0 Å². The van der Waals surface area contributed by atoms with E-state index in [1.807, 2.05) is 59.0 Å². The first-order chi connectivity index (χ1) is 8.20. The zero-order valence-electron chi connectivity index (χ0n) is 11.6. The number of hydrogen-bond donors (Lipinski definition) is 0. The van der Waals surface area contributed by atoms with Crippen molar-refractivity contribution in [3.63, 3.8) is 0 Å². The molecular formula is C14H22N2O. The van der Waals surface area contributed by atoms with E-state index in [0.29, 0.717) is 0 Å². The third kappa shape index (κ3) is 3.41. The van der Waals surface area contributed by atoms with Gasteiger partial charge in [-0.3, -0.25) is 4.79 Å². The van der Waals surface area contributed by atoms with Crippen LogP contribution in [0.1, 0.15) is 50.7 Å². The lowest BCUT2D eigenvalue weighted by molar-refractivity contribution is 0.101. The molecule has 2 aromatic rings. The van der Waals surface area contributed by atoms with Gasteiger partial charge in [0.25, 0.3) is 0 Å². The summed E-state index contributed by atoms with van der Waals surface area (Å²) in [5.74, 6) is 0.0682. The Balaban J connectivity index is 0.000000581. The lowest BCUT2D eigenvalue weighted by Gasteiger charge is -1.92. The van der Waals surface area contributed by atoms with Crippen LogP contribution in [0, 0.1) is 6.92 Å². The highest BCUT2D eigenvalue weighted by molar-refractivity contribution is 6.01. The van der Waals surface area contributed by atoms with Gasteiger partial charge in [-0.25, -0.2) is 4.52 Å². The summed E-state index contributed by atoms with van der Waals surface area (Å²) in [6, 6.07) is 5.70. The second kappa shape index (κ2) is 7.60. The Labute approximate surface area is 103 Å². The van der Waals surface area contributed by atoms with Crippen LogP contribution in [0.4, 0.5) is 0 Å². The molecule has 0 aliphatic rings. The third-order valence-corrected chi connectivity index (χ3v) is 2.07. The van der Waals surface area contributed by atoms with Gasteiger partial charge >= 0.3 is 0 Å². The summed E-state index contributed by atoms with van der Waals surface area (Å²) in [4.78, 5) is 11.3. The van der Waals surface area contributed by atoms with E-state index in [1.54, 1.807) is 11.4 Å². The van der Waals surface area contributed by atoms with Gasteiger partial charge in [-0.1, -0.05) is 33.8 Å². The van der Waals surface area contributed by atoms with Crippen molar-refractivity contribution in [1.29, 1.82) is 0 Å². The average Bonchev–Trinajstić information content (AvgIpc) is 2.70. The summed E-state index contributed by atoms with van der Waals surface area (Å²) in [7, 11) is 0. The van der Waals surface area contributed by atoms with Gasteiger partial charge in [-0.05, 0) is 26.0 Å². The lowest BCUT2D eigenvalue weighted by atomic mass is 10.1. The first-order valence-corrected chi connectivity index (χ1v) is 6.15. The van der Waals surface area contributed by atoms with Crippen LogP contribution < -0.4 is 0 Å². The van der Waals surface area contributed by atoms with Crippen LogP contribution in [-0.4, -0.2) is 15.4 Å². The van der Waals surface area contributed by atoms with Gasteiger partial charge in [0.15, 0.2) is 5.78 Å². The Hall–Kier alpha value is -1.64. The smallest absolute Gasteiger partial charge is 0.163 e. The Morgan fingerprint density at radius 2 is 1.76 bits per heavy atom. The lowest BCUT2D eigenvalue weighted by Crippen LogP contribution is -1.92. The molecule has 0 bridgehead atoms. The van der Waals surface area contributed by atoms with Crippen molar-refractivity contribution in [2.75, 3.05) is 0 Å². The van der Waals surface area contributed by atoms with E-state index < -0.39 is 0 Å². The van der Waals surface area contributed by atoms with Gasteiger partial charge < -0.3 is 0 Å². The van der Waals surface area contributed by atoms with Gasteiger partial charge in [-0.15, -0.1) is 0 Å². The second-order valence-electron chi connectivity index (χ2n) is 3.05. The molecule has 0 radical (unpaired) electrons. The molecule has 17 heavy (non-hydrogen) atoms. The first kappa shape index (κ1) is 15.4. The molecule has 0 unspecified atom stereocenters. The second-order valence-corrected chi connectivity index (χ2v) is 3.05. The van der Waals surface area contributed by atoms with E-state index in [1.165, 1.54) is 0 Å². The Kier molecular flexibility index (Phi) is 6.87. The average molecular weight is 234 g/mol. The van der Waals surface area contributed by atoms with E-state index in [4.69, 9.17) is 0 Å². The molecule has 3 heteroatoms. The van der Waals surface area contributed by atoms with Crippen LogP contribution in [0.5, 0.6) is 0 Å².